The van der Waals surface area contributed by atoms with Gasteiger partial charge in [0, 0.05) is 40.4 Å². The average Bonchev–Trinajstić information content (AvgIpc) is 2.97. The number of aromatic nitrogens is 2. The van der Waals surface area contributed by atoms with E-state index in [0.29, 0.717) is 17.1 Å². The molecule has 0 atom stereocenters. The van der Waals surface area contributed by atoms with Gasteiger partial charge >= 0.3 is 24.3 Å². The van der Waals surface area contributed by atoms with Gasteiger partial charge in [-0.2, -0.15) is 26.3 Å². The second-order valence-corrected chi connectivity index (χ2v) is 8.76. The van der Waals surface area contributed by atoms with E-state index in [1.54, 1.807) is 30.6 Å². The Balaban J connectivity index is 0.000000440. The van der Waals surface area contributed by atoms with Crippen molar-refractivity contribution in [1.82, 2.24) is 9.97 Å². The first-order chi connectivity index (χ1) is 21.4. The van der Waals surface area contributed by atoms with Gasteiger partial charge in [0.15, 0.2) is 0 Å². The lowest BCUT2D eigenvalue weighted by Gasteiger charge is -2.12. The quantitative estimate of drug-likeness (QED) is 0.118. The standard InChI is InChI=1S/C25H21N5O2.2C2HF3O2/c1-3-24(31)29-19-8-9-21-20(15-19)22(11-13-26-21)28-18-6-4-17(5-7-18)25(32)30-23-14-16(2)10-12-27-23;2*3-2(4,5)1(6)7/h3-15H,1H2,2H3,(H,26,28)(H,29,31)(H,27,30,32);2*(H,6,7). The molecule has 0 aliphatic rings. The lowest BCUT2D eigenvalue weighted by Crippen LogP contribution is -2.21. The van der Waals surface area contributed by atoms with Crippen molar-refractivity contribution < 1.29 is 55.7 Å². The first kappa shape index (κ1) is 36.2. The number of alkyl halides is 6. The highest BCUT2D eigenvalue weighted by Crippen LogP contribution is 2.28. The van der Waals surface area contributed by atoms with Crippen molar-refractivity contribution in [3.8, 4) is 0 Å². The topological polar surface area (TPSA) is 171 Å². The zero-order valence-electron chi connectivity index (χ0n) is 23.4. The van der Waals surface area contributed by atoms with E-state index in [4.69, 9.17) is 19.8 Å². The molecular weight excluding hydrogens is 628 g/mol. The number of carboxylic acids is 2. The van der Waals surface area contributed by atoms with Crippen molar-refractivity contribution in [3.63, 3.8) is 0 Å². The number of nitrogens with zero attached hydrogens (tertiary/aromatic N) is 2. The largest absolute Gasteiger partial charge is 0.490 e. The molecule has 0 radical (unpaired) electrons. The van der Waals surface area contributed by atoms with E-state index < -0.39 is 24.3 Å². The predicted molar refractivity (Wildman–Crippen MR) is 155 cm³/mol. The number of anilines is 4. The molecule has 0 spiro atoms. The van der Waals surface area contributed by atoms with Gasteiger partial charge in [-0.15, -0.1) is 0 Å². The first-order valence-electron chi connectivity index (χ1n) is 12.4. The van der Waals surface area contributed by atoms with E-state index in [0.717, 1.165) is 27.8 Å². The number of carboxylic acid groups (broad SMARTS) is 2. The monoisotopic (exact) mass is 651 g/mol. The van der Waals surface area contributed by atoms with E-state index >= 15 is 0 Å². The van der Waals surface area contributed by atoms with Crippen LogP contribution in [-0.2, 0) is 14.4 Å². The van der Waals surface area contributed by atoms with Crippen molar-refractivity contribution in [2.24, 2.45) is 0 Å². The third-order valence-corrected chi connectivity index (χ3v) is 5.26. The Morgan fingerprint density at radius 1 is 0.761 bits per heavy atom. The lowest BCUT2D eigenvalue weighted by atomic mass is 10.1. The van der Waals surface area contributed by atoms with Crippen molar-refractivity contribution in [3.05, 3.63) is 96.8 Å². The molecule has 46 heavy (non-hydrogen) atoms. The van der Waals surface area contributed by atoms with Crippen LogP contribution in [0, 0.1) is 6.92 Å². The van der Waals surface area contributed by atoms with E-state index in [9.17, 15) is 35.9 Å². The summed E-state index contributed by atoms with van der Waals surface area (Å²) in [6, 6.07) is 18.2. The van der Waals surface area contributed by atoms with Crippen LogP contribution in [0.5, 0.6) is 0 Å². The minimum Gasteiger partial charge on any atom is -0.475 e. The van der Waals surface area contributed by atoms with Gasteiger partial charge in [-0.3, -0.25) is 14.6 Å². The van der Waals surface area contributed by atoms with Gasteiger partial charge in [0.2, 0.25) is 5.91 Å². The summed E-state index contributed by atoms with van der Waals surface area (Å²) in [6.07, 6.45) is -5.58. The summed E-state index contributed by atoms with van der Waals surface area (Å²) in [7, 11) is 0. The van der Waals surface area contributed by atoms with Gasteiger partial charge < -0.3 is 26.2 Å². The number of benzene rings is 2. The van der Waals surface area contributed by atoms with E-state index in [2.05, 4.69) is 32.5 Å². The Hall–Kier alpha value is -6.00. The van der Waals surface area contributed by atoms with Gasteiger partial charge in [0.05, 0.1) is 5.52 Å². The molecule has 242 valence electrons. The summed E-state index contributed by atoms with van der Waals surface area (Å²) in [5, 5.41) is 24.0. The fraction of sp³-hybridized carbons (Fsp3) is 0.103. The number of rotatable bonds is 6. The minimum atomic E-state index is -5.08. The highest BCUT2D eigenvalue weighted by molar-refractivity contribution is 6.04. The Morgan fingerprint density at radius 3 is 1.83 bits per heavy atom. The van der Waals surface area contributed by atoms with E-state index in [1.165, 1.54) is 6.08 Å². The molecule has 4 aromatic rings. The molecule has 11 nitrogen and oxygen atoms in total. The number of halogens is 6. The first-order valence-corrected chi connectivity index (χ1v) is 12.4. The zero-order chi connectivity index (χ0) is 34.7. The Bertz CT molecular complexity index is 1700. The highest BCUT2D eigenvalue weighted by atomic mass is 19.4. The Labute approximate surface area is 255 Å². The maximum absolute atomic E-state index is 12.5. The average molecular weight is 652 g/mol. The number of fused-ring (bicyclic) bond motifs is 1. The molecule has 2 amide bonds. The lowest BCUT2D eigenvalue weighted by molar-refractivity contribution is -0.193. The molecule has 0 saturated heterocycles. The molecule has 0 unspecified atom stereocenters. The van der Waals surface area contributed by atoms with Gasteiger partial charge in [0.1, 0.15) is 5.82 Å². The number of hydrogen-bond acceptors (Lipinski definition) is 7. The van der Waals surface area contributed by atoms with Crippen LogP contribution >= 0.6 is 0 Å². The zero-order valence-corrected chi connectivity index (χ0v) is 23.4. The van der Waals surface area contributed by atoms with Crippen LogP contribution < -0.4 is 16.0 Å². The maximum atomic E-state index is 12.5. The van der Waals surface area contributed by atoms with Crippen LogP contribution in [0.2, 0.25) is 0 Å². The fourth-order valence-corrected chi connectivity index (χ4v) is 3.18. The summed E-state index contributed by atoms with van der Waals surface area (Å²) < 4.78 is 63.5. The van der Waals surface area contributed by atoms with Crippen LogP contribution in [0.3, 0.4) is 0 Å². The fourth-order valence-electron chi connectivity index (χ4n) is 3.18. The SMILES string of the molecule is C=CC(=O)Nc1ccc2nccc(Nc3ccc(C(=O)Nc4cc(C)ccn4)cc3)c2c1.O=C(O)C(F)(F)F.O=C(O)C(F)(F)F. The van der Waals surface area contributed by atoms with Crippen molar-refractivity contribution in [2.75, 3.05) is 16.0 Å². The summed E-state index contributed by atoms with van der Waals surface area (Å²) in [6.45, 7) is 5.41. The van der Waals surface area contributed by atoms with Crippen LogP contribution in [0.25, 0.3) is 10.9 Å². The molecule has 0 aliphatic carbocycles. The van der Waals surface area contributed by atoms with Crippen LogP contribution in [-0.4, -0.2) is 56.3 Å². The molecule has 2 heterocycles. The number of aliphatic carboxylic acids is 2. The summed E-state index contributed by atoms with van der Waals surface area (Å²) >= 11 is 0. The number of hydrogen-bond donors (Lipinski definition) is 5. The van der Waals surface area contributed by atoms with Crippen LogP contribution in [0.15, 0.2) is 85.7 Å². The summed E-state index contributed by atoms with van der Waals surface area (Å²) in [5.74, 6) is -5.51. The molecule has 2 aromatic heterocycles. The van der Waals surface area contributed by atoms with Crippen molar-refractivity contribution >= 4 is 57.5 Å². The Kier molecular flexibility index (Phi) is 12.3. The van der Waals surface area contributed by atoms with Crippen molar-refractivity contribution in [1.29, 1.82) is 0 Å². The number of amides is 2. The van der Waals surface area contributed by atoms with Gasteiger partial charge in [-0.05, 0) is 79.2 Å². The molecule has 0 saturated carbocycles. The smallest absolute Gasteiger partial charge is 0.475 e. The molecule has 0 bridgehead atoms. The van der Waals surface area contributed by atoms with Gasteiger partial charge in [-0.25, -0.2) is 14.6 Å². The van der Waals surface area contributed by atoms with Gasteiger partial charge in [-0.1, -0.05) is 6.58 Å². The van der Waals surface area contributed by atoms with E-state index in [-0.39, 0.29) is 11.8 Å². The maximum Gasteiger partial charge on any atom is 0.490 e. The molecule has 4 rings (SSSR count). The third-order valence-electron chi connectivity index (χ3n) is 5.26. The number of aryl methyl sites for hydroxylation is 1. The number of carbonyl (C=O) groups is 4. The second kappa shape index (κ2) is 15.6. The van der Waals surface area contributed by atoms with Crippen molar-refractivity contribution in [2.45, 2.75) is 19.3 Å². The number of carbonyl (C=O) groups excluding carboxylic acids is 2. The van der Waals surface area contributed by atoms with E-state index in [1.807, 2.05) is 49.4 Å². The Morgan fingerprint density at radius 2 is 1.30 bits per heavy atom. The molecule has 0 aliphatic heterocycles. The highest BCUT2D eigenvalue weighted by Gasteiger charge is 2.38. The third kappa shape index (κ3) is 11.6. The summed E-state index contributed by atoms with van der Waals surface area (Å²) in [5.41, 5.74) is 4.61. The van der Waals surface area contributed by atoms with Gasteiger partial charge in [0.25, 0.3) is 5.91 Å². The second-order valence-electron chi connectivity index (χ2n) is 8.76. The summed E-state index contributed by atoms with van der Waals surface area (Å²) in [4.78, 5) is 50.4. The normalized spacial score (nSPS) is 10.7. The molecule has 5 N–H and O–H groups in total. The molecular formula is C29H23F6N5O6. The molecule has 17 heteroatoms. The molecule has 2 aromatic carbocycles. The number of pyridine rings is 2. The van der Waals surface area contributed by atoms with Crippen LogP contribution in [0.1, 0.15) is 15.9 Å². The number of nitrogens with one attached hydrogen (secondary N) is 3. The minimum absolute atomic E-state index is 0.230. The van der Waals surface area contributed by atoms with Crippen LogP contribution in [0.4, 0.5) is 49.2 Å². The predicted octanol–water partition coefficient (Wildman–Crippen LogP) is 6.33. The molecule has 0 fully saturated rings.